The van der Waals surface area contributed by atoms with Crippen LogP contribution < -0.4 is 10.5 Å². The summed E-state index contributed by atoms with van der Waals surface area (Å²) in [4.78, 5) is 3.61. The zero-order chi connectivity index (χ0) is 16.9. The Labute approximate surface area is 156 Å². The third-order valence-electron chi connectivity index (χ3n) is 4.20. The Morgan fingerprint density at radius 2 is 1.88 bits per heavy atom. The first-order valence-electron chi connectivity index (χ1n) is 8.46. The number of rotatable bonds is 7. The van der Waals surface area contributed by atoms with Crippen LogP contribution in [0.4, 0.5) is 0 Å². The Morgan fingerprint density at radius 3 is 2.58 bits per heavy atom. The van der Waals surface area contributed by atoms with Crippen molar-refractivity contribution in [2.24, 2.45) is 5.73 Å². The lowest BCUT2D eigenvalue weighted by molar-refractivity contribution is 0.340. The summed E-state index contributed by atoms with van der Waals surface area (Å²) in [6.07, 6.45) is 3.21. The molecule has 0 aliphatic rings. The number of nitrogens with one attached hydrogen (secondary N) is 1. The highest BCUT2D eigenvalue weighted by atomic mass is 127. The molecule has 0 unspecified atom stereocenters. The minimum absolute atomic E-state index is 0.689. The second kappa shape index (κ2) is 8.03. The molecule has 0 saturated heterocycles. The maximum absolute atomic E-state index is 5.68. The lowest BCUT2D eigenvalue weighted by atomic mass is 10.0. The predicted octanol–water partition coefficient (Wildman–Crippen LogP) is 5.12. The molecule has 0 aliphatic carbocycles. The van der Waals surface area contributed by atoms with Crippen molar-refractivity contribution in [1.82, 2.24) is 4.98 Å². The van der Waals surface area contributed by atoms with E-state index < -0.39 is 0 Å². The molecule has 4 heteroatoms. The van der Waals surface area contributed by atoms with Gasteiger partial charge in [-0.1, -0.05) is 0 Å². The van der Waals surface area contributed by atoms with Crippen LogP contribution in [0.15, 0.2) is 42.5 Å². The molecule has 3 rings (SSSR count). The van der Waals surface area contributed by atoms with Gasteiger partial charge in [-0.2, -0.15) is 0 Å². The average molecular weight is 434 g/mol. The summed E-state index contributed by atoms with van der Waals surface area (Å²) < 4.78 is 6.82. The fourth-order valence-electron chi connectivity index (χ4n) is 3.06. The number of unbranched alkanes of at least 4 members (excludes halogenated alkanes) is 1. The second-order valence-corrected chi connectivity index (χ2v) is 7.12. The molecule has 0 fully saturated rings. The van der Waals surface area contributed by atoms with E-state index in [-0.39, 0.29) is 0 Å². The van der Waals surface area contributed by atoms with Crippen molar-refractivity contribution in [3.05, 3.63) is 51.6 Å². The molecule has 1 aromatic heterocycles. The second-order valence-electron chi connectivity index (χ2n) is 5.87. The summed E-state index contributed by atoms with van der Waals surface area (Å²) in [6.45, 7) is 3.44. The molecule has 0 radical (unpaired) electrons. The summed E-state index contributed by atoms with van der Waals surface area (Å²) in [5.74, 6) is 0.914. The van der Waals surface area contributed by atoms with Gasteiger partial charge in [0.2, 0.25) is 0 Å². The number of aryl methyl sites for hydroxylation is 1. The molecule has 0 bridgehead atoms. The van der Waals surface area contributed by atoms with Crippen molar-refractivity contribution in [3.8, 4) is 17.0 Å². The SMILES string of the molecule is CCOc1ccc(-c2[nH]c3ccc(I)cc3c2CCCCN)cc1. The number of fused-ring (bicyclic) bond motifs is 1. The van der Waals surface area contributed by atoms with Crippen LogP contribution in [0.25, 0.3) is 22.2 Å². The number of H-pyrrole nitrogens is 1. The van der Waals surface area contributed by atoms with Gasteiger partial charge in [-0.3, -0.25) is 0 Å². The van der Waals surface area contributed by atoms with E-state index in [1.54, 1.807) is 0 Å². The van der Waals surface area contributed by atoms with E-state index >= 15 is 0 Å². The molecule has 0 saturated carbocycles. The molecule has 0 atom stereocenters. The topological polar surface area (TPSA) is 51.0 Å². The summed E-state index contributed by atoms with van der Waals surface area (Å²) in [5.41, 5.74) is 10.7. The van der Waals surface area contributed by atoms with Gasteiger partial charge in [-0.05, 0) is 109 Å². The largest absolute Gasteiger partial charge is 0.494 e. The van der Waals surface area contributed by atoms with E-state index in [2.05, 4.69) is 57.9 Å². The van der Waals surface area contributed by atoms with Crippen molar-refractivity contribution >= 4 is 33.5 Å². The Bertz CT molecular complexity index is 808. The lowest BCUT2D eigenvalue weighted by Gasteiger charge is -2.07. The van der Waals surface area contributed by atoms with Gasteiger partial charge in [0, 0.05) is 20.2 Å². The van der Waals surface area contributed by atoms with Gasteiger partial charge >= 0.3 is 0 Å². The number of benzene rings is 2. The van der Waals surface area contributed by atoms with Crippen LogP contribution in [0, 0.1) is 3.57 Å². The van der Waals surface area contributed by atoms with Crippen molar-refractivity contribution in [2.45, 2.75) is 26.2 Å². The zero-order valence-electron chi connectivity index (χ0n) is 13.9. The summed E-state index contributed by atoms with van der Waals surface area (Å²) >= 11 is 2.38. The van der Waals surface area contributed by atoms with Crippen LogP contribution in [0.3, 0.4) is 0 Å². The molecule has 3 aromatic rings. The molecule has 0 aliphatic heterocycles. The van der Waals surface area contributed by atoms with Crippen LogP contribution in [-0.4, -0.2) is 18.1 Å². The summed E-state index contributed by atoms with van der Waals surface area (Å²) in [5, 5.41) is 1.32. The number of hydrogen-bond acceptors (Lipinski definition) is 2. The van der Waals surface area contributed by atoms with Crippen molar-refractivity contribution in [1.29, 1.82) is 0 Å². The van der Waals surface area contributed by atoms with Gasteiger partial charge in [0.25, 0.3) is 0 Å². The minimum atomic E-state index is 0.689. The third kappa shape index (κ3) is 3.75. The molecule has 126 valence electrons. The Hall–Kier alpha value is -1.53. The van der Waals surface area contributed by atoms with Gasteiger partial charge < -0.3 is 15.5 Å². The number of halogens is 1. The maximum Gasteiger partial charge on any atom is 0.119 e. The lowest BCUT2D eigenvalue weighted by Crippen LogP contribution is -1.99. The van der Waals surface area contributed by atoms with Gasteiger partial charge in [-0.25, -0.2) is 0 Å². The fraction of sp³-hybridized carbons (Fsp3) is 0.300. The predicted molar refractivity (Wildman–Crippen MR) is 110 cm³/mol. The molecule has 0 spiro atoms. The molecular weight excluding hydrogens is 411 g/mol. The highest BCUT2D eigenvalue weighted by Gasteiger charge is 2.13. The Balaban J connectivity index is 2.03. The van der Waals surface area contributed by atoms with E-state index in [9.17, 15) is 0 Å². The number of aromatic nitrogens is 1. The maximum atomic E-state index is 5.68. The van der Waals surface area contributed by atoms with Gasteiger partial charge in [0.05, 0.1) is 6.61 Å². The molecular formula is C20H23IN2O. The minimum Gasteiger partial charge on any atom is -0.494 e. The normalized spacial score (nSPS) is 11.1. The average Bonchev–Trinajstić information content (AvgIpc) is 2.94. The van der Waals surface area contributed by atoms with Crippen LogP contribution in [0.1, 0.15) is 25.3 Å². The Kier molecular flexibility index (Phi) is 5.79. The van der Waals surface area contributed by atoms with Crippen LogP contribution >= 0.6 is 22.6 Å². The molecule has 1 heterocycles. The van der Waals surface area contributed by atoms with E-state index in [0.29, 0.717) is 6.61 Å². The molecule has 3 N–H and O–H groups in total. The first-order chi connectivity index (χ1) is 11.7. The monoisotopic (exact) mass is 434 g/mol. The van der Waals surface area contributed by atoms with Gasteiger partial charge in [0.1, 0.15) is 5.75 Å². The third-order valence-corrected chi connectivity index (χ3v) is 4.87. The van der Waals surface area contributed by atoms with E-state index in [1.165, 1.54) is 31.3 Å². The summed E-state index contributed by atoms with van der Waals surface area (Å²) in [6, 6.07) is 14.9. The van der Waals surface area contributed by atoms with Crippen LogP contribution in [-0.2, 0) is 6.42 Å². The quantitative estimate of drug-likeness (QED) is 0.401. The Morgan fingerprint density at radius 1 is 1.08 bits per heavy atom. The van der Waals surface area contributed by atoms with Gasteiger partial charge in [-0.15, -0.1) is 0 Å². The molecule has 3 nitrogen and oxygen atoms in total. The highest BCUT2D eigenvalue weighted by Crippen LogP contribution is 2.33. The van der Waals surface area contributed by atoms with Crippen molar-refractivity contribution < 1.29 is 4.74 Å². The van der Waals surface area contributed by atoms with E-state index in [1.807, 2.05) is 19.1 Å². The molecule has 24 heavy (non-hydrogen) atoms. The van der Waals surface area contributed by atoms with E-state index in [4.69, 9.17) is 10.5 Å². The number of hydrogen-bond donors (Lipinski definition) is 2. The van der Waals surface area contributed by atoms with E-state index in [0.717, 1.165) is 31.6 Å². The zero-order valence-corrected chi connectivity index (χ0v) is 16.1. The number of ether oxygens (including phenoxy) is 1. The van der Waals surface area contributed by atoms with Crippen molar-refractivity contribution in [2.75, 3.05) is 13.2 Å². The van der Waals surface area contributed by atoms with Gasteiger partial charge in [0.15, 0.2) is 0 Å². The summed E-state index contributed by atoms with van der Waals surface area (Å²) in [7, 11) is 0. The fourth-order valence-corrected chi connectivity index (χ4v) is 3.55. The standard InChI is InChI=1S/C20H23IN2O/c1-2-24-16-9-6-14(7-10-16)20-17(5-3-4-12-22)18-13-15(21)8-11-19(18)23-20/h6-11,13,23H,2-5,12,22H2,1H3. The van der Waals surface area contributed by atoms with Crippen molar-refractivity contribution in [3.63, 3.8) is 0 Å². The molecule has 2 aromatic carbocycles. The number of aromatic amines is 1. The smallest absolute Gasteiger partial charge is 0.119 e. The molecule has 0 amide bonds. The first-order valence-corrected chi connectivity index (χ1v) is 9.54. The highest BCUT2D eigenvalue weighted by molar-refractivity contribution is 14.1. The number of nitrogens with two attached hydrogens (primary N) is 1. The van der Waals surface area contributed by atoms with Crippen LogP contribution in [0.2, 0.25) is 0 Å². The first kappa shape index (κ1) is 17.3. The van der Waals surface area contributed by atoms with Crippen LogP contribution in [0.5, 0.6) is 5.75 Å².